The predicted octanol–water partition coefficient (Wildman–Crippen LogP) is 3.32. The first-order valence-electron chi connectivity index (χ1n) is 9.82. The second kappa shape index (κ2) is 7.32. The van der Waals surface area contributed by atoms with Gasteiger partial charge >= 0.3 is 0 Å². The smallest absolute Gasteiger partial charge is 0.255 e. The number of nitrogens with zero attached hydrogens (tertiary/aromatic N) is 2. The van der Waals surface area contributed by atoms with Gasteiger partial charge in [-0.05, 0) is 62.5 Å². The first kappa shape index (κ1) is 16.8. The summed E-state index contributed by atoms with van der Waals surface area (Å²) in [6.45, 7) is 4.83. The van der Waals surface area contributed by atoms with Gasteiger partial charge in [-0.15, -0.1) is 0 Å². The van der Waals surface area contributed by atoms with E-state index in [1.807, 2.05) is 17.0 Å². The lowest BCUT2D eigenvalue weighted by Gasteiger charge is -2.31. The number of carbonyl (C=O) groups excluding carboxylic acids is 1. The number of hydrogen-bond acceptors (Lipinski definition) is 4. The summed E-state index contributed by atoms with van der Waals surface area (Å²) < 4.78 is 5.88. The largest absolute Gasteiger partial charge is 0.378 e. The Morgan fingerprint density at radius 3 is 2.68 bits per heavy atom. The van der Waals surface area contributed by atoms with E-state index in [1.54, 1.807) is 6.20 Å². The van der Waals surface area contributed by atoms with Crippen LogP contribution in [0.3, 0.4) is 0 Å². The summed E-state index contributed by atoms with van der Waals surface area (Å²) in [5, 5.41) is 3.53. The molecule has 0 bridgehead atoms. The minimum Gasteiger partial charge on any atom is -0.378 e. The molecule has 5 heteroatoms. The summed E-state index contributed by atoms with van der Waals surface area (Å²) >= 11 is 0. The molecule has 4 rings (SSSR count). The predicted molar refractivity (Wildman–Crippen MR) is 97.6 cm³/mol. The molecule has 1 aliphatic carbocycles. The lowest BCUT2D eigenvalue weighted by molar-refractivity contribution is -0.00223. The van der Waals surface area contributed by atoms with E-state index in [0.717, 1.165) is 63.0 Å². The Morgan fingerprint density at radius 1 is 1.20 bits per heavy atom. The van der Waals surface area contributed by atoms with Crippen LogP contribution in [0.1, 0.15) is 55.8 Å². The van der Waals surface area contributed by atoms with E-state index in [4.69, 9.17) is 4.74 Å². The average molecular weight is 343 g/mol. The highest BCUT2D eigenvalue weighted by Gasteiger charge is 2.35. The second-order valence-corrected chi connectivity index (χ2v) is 8.02. The quantitative estimate of drug-likeness (QED) is 0.911. The van der Waals surface area contributed by atoms with Gasteiger partial charge in [-0.3, -0.25) is 4.79 Å². The van der Waals surface area contributed by atoms with Crippen LogP contribution in [0.15, 0.2) is 18.3 Å². The van der Waals surface area contributed by atoms with Crippen molar-refractivity contribution in [2.45, 2.75) is 57.6 Å². The molecule has 3 heterocycles. The van der Waals surface area contributed by atoms with Gasteiger partial charge in [0.2, 0.25) is 0 Å². The monoisotopic (exact) mass is 343 g/mol. The Balaban J connectivity index is 1.32. The van der Waals surface area contributed by atoms with Crippen molar-refractivity contribution in [3.63, 3.8) is 0 Å². The number of anilines is 1. The normalized spacial score (nSPS) is 28.0. The van der Waals surface area contributed by atoms with Gasteiger partial charge < -0.3 is 15.0 Å². The Hall–Kier alpha value is -1.62. The summed E-state index contributed by atoms with van der Waals surface area (Å²) in [5.74, 6) is 2.49. The number of ether oxygens (including phenoxy) is 1. The van der Waals surface area contributed by atoms with Crippen molar-refractivity contribution in [3.8, 4) is 0 Å². The Bertz CT molecular complexity index is 591. The molecule has 0 radical (unpaired) electrons. The Kier molecular flexibility index (Phi) is 4.93. The Labute approximate surface area is 150 Å². The molecule has 25 heavy (non-hydrogen) atoms. The van der Waals surface area contributed by atoms with Crippen molar-refractivity contribution in [3.05, 3.63) is 23.9 Å². The maximum absolute atomic E-state index is 12.6. The van der Waals surface area contributed by atoms with Gasteiger partial charge in [0.25, 0.3) is 5.91 Å². The zero-order valence-electron chi connectivity index (χ0n) is 15.1. The van der Waals surface area contributed by atoms with Gasteiger partial charge in [-0.25, -0.2) is 4.98 Å². The van der Waals surface area contributed by atoms with Gasteiger partial charge in [0.15, 0.2) is 0 Å². The lowest BCUT2D eigenvalue weighted by atomic mass is 9.99. The molecule has 1 saturated carbocycles. The summed E-state index contributed by atoms with van der Waals surface area (Å²) in [6.07, 6.45) is 9.09. The highest BCUT2D eigenvalue weighted by Crippen LogP contribution is 2.38. The molecule has 0 aromatic carbocycles. The molecule has 1 aromatic rings. The molecular weight excluding hydrogens is 314 g/mol. The molecule has 3 fully saturated rings. The fourth-order valence-corrected chi connectivity index (χ4v) is 3.96. The van der Waals surface area contributed by atoms with E-state index < -0.39 is 0 Å². The highest BCUT2D eigenvalue weighted by atomic mass is 16.5. The first-order chi connectivity index (χ1) is 12.2. The number of amides is 1. The molecular formula is C20H29N3O2. The van der Waals surface area contributed by atoms with Crippen LogP contribution in [0.25, 0.3) is 0 Å². The maximum atomic E-state index is 12.6. The minimum atomic E-state index is 0.116. The van der Waals surface area contributed by atoms with Crippen LogP contribution in [0, 0.1) is 11.8 Å². The van der Waals surface area contributed by atoms with Crippen molar-refractivity contribution in [2.75, 3.05) is 25.0 Å². The molecule has 2 unspecified atom stereocenters. The van der Waals surface area contributed by atoms with Crippen molar-refractivity contribution >= 4 is 11.7 Å². The number of carbonyl (C=O) groups is 1. The summed E-state index contributed by atoms with van der Waals surface area (Å²) in [7, 11) is 0. The van der Waals surface area contributed by atoms with Crippen LogP contribution < -0.4 is 5.32 Å². The number of nitrogens with one attached hydrogen (secondary N) is 1. The van der Waals surface area contributed by atoms with Crippen LogP contribution in [0.5, 0.6) is 0 Å². The standard InChI is InChI=1S/C20H29N3O2/c1-14-6-9-23(10-7-14)20(24)16-4-5-19(21-13-16)22-17-8-11-25-18(12-17)15-2-3-15/h4-5,13-15,17-18H,2-3,6-12H2,1H3,(H,21,22). The summed E-state index contributed by atoms with van der Waals surface area (Å²) in [4.78, 5) is 19.0. The molecule has 1 N–H and O–H groups in total. The van der Waals surface area contributed by atoms with Gasteiger partial charge in [0.05, 0.1) is 11.7 Å². The van der Waals surface area contributed by atoms with Crippen LogP contribution in [0.4, 0.5) is 5.82 Å². The number of hydrogen-bond donors (Lipinski definition) is 1. The van der Waals surface area contributed by atoms with Gasteiger partial charge in [-0.2, -0.15) is 0 Å². The van der Waals surface area contributed by atoms with E-state index in [2.05, 4.69) is 17.2 Å². The molecule has 0 spiro atoms. The molecule has 2 saturated heterocycles. The van der Waals surface area contributed by atoms with Gasteiger partial charge in [0, 0.05) is 31.9 Å². The molecule has 2 aliphatic heterocycles. The summed E-state index contributed by atoms with van der Waals surface area (Å²) in [6, 6.07) is 4.28. The number of pyridine rings is 1. The Morgan fingerprint density at radius 2 is 2.00 bits per heavy atom. The van der Waals surface area contributed by atoms with E-state index in [9.17, 15) is 4.79 Å². The maximum Gasteiger partial charge on any atom is 0.255 e. The zero-order chi connectivity index (χ0) is 17.2. The van der Waals surface area contributed by atoms with E-state index in [1.165, 1.54) is 12.8 Å². The minimum absolute atomic E-state index is 0.116. The molecule has 1 aromatic heterocycles. The van der Waals surface area contributed by atoms with E-state index in [-0.39, 0.29) is 5.91 Å². The lowest BCUT2D eigenvalue weighted by Crippen LogP contribution is -2.38. The van der Waals surface area contributed by atoms with E-state index >= 15 is 0 Å². The fraction of sp³-hybridized carbons (Fsp3) is 0.700. The van der Waals surface area contributed by atoms with Crippen molar-refractivity contribution < 1.29 is 9.53 Å². The van der Waals surface area contributed by atoms with E-state index in [0.29, 0.717) is 17.7 Å². The molecule has 1 amide bonds. The summed E-state index contributed by atoms with van der Waals surface area (Å²) in [5.41, 5.74) is 0.697. The molecule has 2 atom stereocenters. The van der Waals surface area contributed by atoms with Crippen molar-refractivity contribution in [1.29, 1.82) is 0 Å². The highest BCUT2D eigenvalue weighted by molar-refractivity contribution is 5.94. The molecule has 3 aliphatic rings. The van der Waals surface area contributed by atoms with Crippen LogP contribution in [0.2, 0.25) is 0 Å². The zero-order valence-corrected chi connectivity index (χ0v) is 15.1. The third kappa shape index (κ3) is 4.14. The van der Waals surface area contributed by atoms with Crippen LogP contribution >= 0.6 is 0 Å². The number of rotatable bonds is 4. The third-order valence-corrected chi connectivity index (χ3v) is 5.90. The second-order valence-electron chi connectivity index (χ2n) is 8.02. The van der Waals surface area contributed by atoms with Crippen LogP contribution in [-0.2, 0) is 4.74 Å². The first-order valence-corrected chi connectivity index (χ1v) is 9.82. The average Bonchev–Trinajstić information content (AvgIpc) is 3.48. The van der Waals surface area contributed by atoms with Crippen LogP contribution in [-0.4, -0.2) is 47.6 Å². The number of aromatic nitrogens is 1. The van der Waals surface area contributed by atoms with Gasteiger partial charge in [-0.1, -0.05) is 6.92 Å². The topological polar surface area (TPSA) is 54.5 Å². The molecule has 5 nitrogen and oxygen atoms in total. The fourth-order valence-electron chi connectivity index (χ4n) is 3.96. The van der Waals surface area contributed by atoms with Crippen molar-refractivity contribution in [1.82, 2.24) is 9.88 Å². The van der Waals surface area contributed by atoms with Gasteiger partial charge in [0.1, 0.15) is 5.82 Å². The SMILES string of the molecule is CC1CCN(C(=O)c2ccc(NC3CCOC(C4CC4)C3)nc2)CC1. The number of piperidine rings is 1. The third-order valence-electron chi connectivity index (χ3n) is 5.90. The van der Waals surface area contributed by atoms with Crippen molar-refractivity contribution in [2.24, 2.45) is 11.8 Å². The molecule has 136 valence electrons. The number of likely N-dealkylation sites (tertiary alicyclic amines) is 1.